The highest BCUT2D eigenvalue weighted by atomic mass is 32.2. The van der Waals surface area contributed by atoms with Crippen molar-refractivity contribution in [1.29, 1.82) is 0 Å². The fourth-order valence-corrected chi connectivity index (χ4v) is 6.06. The number of hydrogen-bond donors (Lipinski definition) is 1. The molecular formula is C30H43N3O5S. The van der Waals surface area contributed by atoms with Crippen LogP contribution < -0.4 is 14.4 Å². The van der Waals surface area contributed by atoms with Crippen LogP contribution in [0.1, 0.15) is 76.3 Å². The summed E-state index contributed by atoms with van der Waals surface area (Å²) in [5.41, 5.74) is 2.13. The molecule has 1 atom stereocenters. The summed E-state index contributed by atoms with van der Waals surface area (Å²) in [5, 5.41) is 3.16. The summed E-state index contributed by atoms with van der Waals surface area (Å²) in [6, 6.07) is 13.9. The summed E-state index contributed by atoms with van der Waals surface area (Å²) in [6.45, 7) is 5.62. The molecule has 0 aliphatic heterocycles. The first-order valence-corrected chi connectivity index (χ1v) is 15.7. The Morgan fingerprint density at radius 3 is 2.23 bits per heavy atom. The van der Waals surface area contributed by atoms with Gasteiger partial charge in [0.05, 0.1) is 19.1 Å². The number of carbonyl (C=O) groups is 2. The number of nitrogens with one attached hydrogen (secondary N) is 1. The molecule has 1 N–H and O–H groups in total. The number of anilines is 1. The van der Waals surface area contributed by atoms with E-state index in [1.165, 1.54) is 11.3 Å². The molecule has 2 aromatic rings. The number of methoxy groups -OCH3 is 1. The maximum atomic E-state index is 14.0. The van der Waals surface area contributed by atoms with E-state index in [1.807, 2.05) is 57.2 Å². The van der Waals surface area contributed by atoms with Crippen LogP contribution >= 0.6 is 0 Å². The summed E-state index contributed by atoms with van der Waals surface area (Å²) < 4.78 is 32.4. The zero-order valence-corrected chi connectivity index (χ0v) is 24.7. The molecular weight excluding hydrogens is 514 g/mol. The minimum atomic E-state index is -3.79. The van der Waals surface area contributed by atoms with Crippen LogP contribution in [-0.4, -0.2) is 57.1 Å². The van der Waals surface area contributed by atoms with Crippen molar-refractivity contribution < 1.29 is 22.7 Å². The smallest absolute Gasteiger partial charge is 0.244 e. The Hall–Kier alpha value is -3.07. The number of nitrogens with zero attached hydrogens (tertiary/aromatic N) is 2. The van der Waals surface area contributed by atoms with Crippen LogP contribution in [0.4, 0.5) is 5.69 Å². The second kappa shape index (κ2) is 13.8. The number of amides is 2. The van der Waals surface area contributed by atoms with Crippen molar-refractivity contribution >= 4 is 27.5 Å². The van der Waals surface area contributed by atoms with Crippen LogP contribution in [0.3, 0.4) is 0 Å². The molecule has 0 spiro atoms. The van der Waals surface area contributed by atoms with Crippen molar-refractivity contribution in [2.45, 2.75) is 83.8 Å². The number of sulfonamides is 1. The minimum Gasteiger partial charge on any atom is -0.497 e. The fourth-order valence-electron chi connectivity index (χ4n) is 5.19. The summed E-state index contributed by atoms with van der Waals surface area (Å²) in [5.74, 6) is 0.119. The predicted octanol–water partition coefficient (Wildman–Crippen LogP) is 4.84. The van der Waals surface area contributed by atoms with E-state index in [-0.39, 0.29) is 24.4 Å². The van der Waals surface area contributed by atoms with Gasteiger partial charge in [0, 0.05) is 12.6 Å². The summed E-state index contributed by atoms with van der Waals surface area (Å²) >= 11 is 0. The monoisotopic (exact) mass is 557 g/mol. The van der Waals surface area contributed by atoms with Gasteiger partial charge in [-0.15, -0.1) is 0 Å². The lowest BCUT2D eigenvalue weighted by Crippen LogP contribution is -2.54. The average Bonchev–Trinajstić information content (AvgIpc) is 2.91. The standard InChI is InChI=1S/C30H43N3O5S/c1-6-27(30(35)31-24-12-8-7-9-13-24)32(20-23-16-18-25(38-4)19-17-23)29(34)21-33(39(5,36)37)28-15-11-10-14-26(28)22(2)3/h10-11,14-19,22,24,27H,6-9,12-13,20-21H2,1-5H3,(H,31,35). The first-order valence-electron chi connectivity index (χ1n) is 13.8. The van der Waals surface area contributed by atoms with E-state index in [9.17, 15) is 18.0 Å². The Bertz CT molecular complexity index is 1210. The van der Waals surface area contributed by atoms with E-state index in [1.54, 1.807) is 19.2 Å². The first kappa shape index (κ1) is 30.5. The average molecular weight is 558 g/mol. The van der Waals surface area contributed by atoms with Crippen LogP contribution in [0.15, 0.2) is 48.5 Å². The number of para-hydroxylation sites is 1. The van der Waals surface area contributed by atoms with Crippen molar-refractivity contribution in [2.24, 2.45) is 0 Å². The number of benzene rings is 2. The molecule has 214 valence electrons. The van der Waals surface area contributed by atoms with E-state index in [2.05, 4.69) is 5.32 Å². The van der Waals surface area contributed by atoms with Crippen LogP contribution in [0, 0.1) is 0 Å². The molecule has 0 saturated heterocycles. The molecule has 1 saturated carbocycles. The summed E-state index contributed by atoms with van der Waals surface area (Å²) in [7, 11) is -2.21. The van der Waals surface area contributed by atoms with Gasteiger partial charge in [0.25, 0.3) is 0 Å². The highest BCUT2D eigenvalue weighted by Gasteiger charge is 2.33. The SMILES string of the molecule is CCC(C(=O)NC1CCCCC1)N(Cc1ccc(OC)cc1)C(=O)CN(c1ccccc1C(C)C)S(C)(=O)=O. The molecule has 0 heterocycles. The van der Waals surface area contributed by atoms with Crippen molar-refractivity contribution in [1.82, 2.24) is 10.2 Å². The lowest BCUT2D eigenvalue weighted by molar-refractivity contribution is -0.140. The third kappa shape index (κ3) is 8.21. The molecule has 39 heavy (non-hydrogen) atoms. The van der Waals surface area contributed by atoms with Crippen molar-refractivity contribution in [2.75, 3.05) is 24.2 Å². The van der Waals surface area contributed by atoms with Gasteiger partial charge in [0.1, 0.15) is 18.3 Å². The Morgan fingerprint density at radius 1 is 1.03 bits per heavy atom. The summed E-state index contributed by atoms with van der Waals surface area (Å²) in [4.78, 5) is 29.0. The Labute approximate surface area is 233 Å². The van der Waals surface area contributed by atoms with Gasteiger partial charge in [0.2, 0.25) is 21.8 Å². The zero-order chi connectivity index (χ0) is 28.6. The Morgan fingerprint density at radius 2 is 1.67 bits per heavy atom. The van der Waals surface area contributed by atoms with Crippen LogP contribution in [0.25, 0.3) is 0 Å². The van der Waals surface area contributed by atoms with E-state index in [0.29, 0.717) is 17.9 Å². The Kier molecular flexibility index (Phi) is 10.8. The highest BCUT2D eigenvalue weighted by molar-refractivity contribution is 7.92. The van der Waals surface area contributed by atoms with Gasteiger partial charge >= 0.3 is 0 Å². The maximum absolute atomic E-state index is 14.0. The van der Waals surface area contributed by atoms with Gasteiger partial charge in [-0.3, -0.25) is 13.9 Å². The van der Waals surface area contributed by atoms with Gasteiger partial charge in [-0.2, -0.15) is 0 Å². The van der Waals surface area contributed by atoms with Crippen molar-refractivity contribution in [3.63, 3.8) is 0 Å². The second-order valence-corrected chi connectivity index (χ2v) is 12.5. The number of ether oxygens (including phenoxy) is 1. The van der Waals surface area contributed by atoms with E-state index >= 15 is 0 Å². The van der Waals surface area contributed by atoms with Crippen LogP contribution in [-0.2, 0) is 26.2 Å². The largest absolute Gasteiger partial charge is 0.497 e. The first-order chi connectivity index (χ1) is 18.5. The van der Waals surface area contributed by atoms with Crippen molar-refractivity contribution in [3.8, 4) is 5.75 Å². The maximum Gasteiger partial charge on any atom is 0.244 e. The van der Waals surface area contributed by atoms with E-state index in [4.69, 9.17) is 4.74 Å². The van der Waals surface area contributed by atoms with Gasteiger partial charge in [-0.1, -0.05) is 70.4 Å². The molecule has 1 aliphatic rings. The van der Waals surface area contributed by atoms with Gasteiger partial charge < -0.3 is 15.0 Å². The molecule has 8 nitrogen and oxygen atoms in total. The molecule has 2 amide bonds. The Balaban J connectivity index is 1.95. The predicted molar refractivity (Wildman–Crippen MR) is 155 cm³/mol. The van der Waals surface area contributed by atoms with Gasteiger partial charge in [-0.05, 0) is 54.5 Å². The topological polar surface area (TPSA) is 96.0 Å². The molecule has 0 radical (unpaired) electrons. The molecule has 1 fully saturated rings. The quantitative estimate of drug-likeness (QED) is 0.403. The molecule has 3 rings (SSSR count). The number of carbonyl (C=O) groups excluding carboxylic acids is 2. The minimum absolute atomic E-state index is 0.0561. The number of rotatable bonds is 12. The lowest BCUT2D eigenvalue weighted by atomic mass is 9.95. The second-order valence-electron chi connectivity index (χ2n) is 10.6. The fraction of sp³-hybridized carbons (Fsp3) is 0.533. The molecule has 2 aromatic carbocycles. The molecule has 1 unspecified atom stereocenters. The van der Waals surface area contributed by atoms with Crippen LogP contribution in [0.5, 0.6) is 5.75 Å². The molecule has 0 aromatic heterocycles. The molecule has 9 heteroatoms. The normalized spacial score (nSPS) is 15.0. The lowest BCUT2D eigenvalue weighted by Gasteiger charge is -2.34. The van der Waals surface area contributed by atoms with Crippen molar-refractivity contribution in [3.05, 3.63) is 59.7 Å². The third-order valence-corrected chi connectivity index (χ3v) is 8.48. The van der Waals surface area contributed by atoms with Gasteiger partial charge in [-0.25, -0.2) is 8.42 Å². The molecule has 1 aliphatic carbocycles. The molecule has 0 bridgehead atoms. The zero-order valence-electron chi connectivity index (χ0n) is 23.9. The third-order valence-electron chi connectivity index (χ3n) is 7.36. The van der Waals surface area contributed by atoms with E-state index in [0.717, 1.165) is 47.4 Å². The van der Waals surface area contributed by atoms with E-state index < -0.39 is 28.5 Å². The number of hydrogen-bond acceptors (Lipinski definition) is 5. The highest BCUT2D eigenvalue weighted by Crippen LogP contribution is 2.29. The summed E-state index contributed by atoms with van der Waals surface area (Å²) in [6.07, 6.45) is 6.71. The van der Waals surface area contributed by atoms with Crippen LogP contribution in [0.2, 0.25) is 0 Å². The van der Waals surface area contributed by atoms with Gasteiger partial charge in [0.15, 0.2) is 0 Å².